The highest BCUT2D eigenvalue weighted by atomic mass is 32.1. The summed E-state index contributed by atoms with van der Waals surface area (Å²) in [6.07, 6.45) is 1.69. The van der Waals surface area contributed by atoms with Crippen molar-refractivity contribution in [2.45, 2.75) is 25.8 Å². The molecule has 130 valence electrons. The minimum atomic E-state index is -0.157. The van der Waals surface area contributed by atoms with E-state index in [1.54, 1.807) is 11.3 Å². The molecule has 0 unspecified atom stereocenters. The zero-order chi connectivity index (χ0) is 17.4. The van der Waals surface area contributed by atoms with Crippen LogP contribution in [0.25, 0.3) is 10.9 Å². The first-order valence-corrected chi connectivity index (χ1v) is 9.67. The van der Waals surface area contributed by atoms with Crippen LogP contribution in [0.5, 0.6) is 0 Å². The van der Waals surface area contributed by atoms with Crippen molar-refractivity contribution in [3.05, 3.63) is 57.9 Å². The Morgan fingerprint density at radius 3 is 2.68 bits per heavy atom. The van der Waals surface area contributed by atoms with Gasteiger partial charge in [-0.1, -0.05) is 24.3 Å². The van der Waals surface area contributed by atoms with Gasteiger partial charge >= 0.3 is 0 Å². The Morgan fingerprint density at radius 2 is 2.00 bits per heavy atom. The molecule has 1 fully saturated rings. The van der Waals surface area contributed by atoms with E-state index >= 15 is 0 Å². The Hall–Kier alpha value is -2.11. The molecule has 1 aliphatic rings. The summed E-state index contributed by atoms with van der Waals surface area (Å²) in [5.41, 5.74) is 9.28. The Labute approximate surface area is 151 Å². The summed E-state index contributed by atoms with van der Waals surface area (Å²) in [5, 5.41) is 3.43. The Balaban J connectivity index is 1.75. The summed E-state index contributed by atoms with van der Waals surface area (Å²) >= 11 is 1.80. The SMILES string of the molecule is Cc1[nH]c2ccccc2c1[C@H](c1cccs1)N1CCC(C(N)=O)CC1. The largest absolute Gasteiger partial charge is 0.369 e. The minimum Gasteiger partial charge on any atom is -0.369 e. The van der Waals surface area contributed by atoms with Gasteiger partial charge < -0.3 is 10.7 Å². The van der Waals surface area contributed by atoms with Gasteiger partial charge in [-0.05, 0) is 50.4 Å². The zero-order valence-electron chi connectivity index (χ0n) is 14.4. The van der Waals surface area contributed by atoms with Crippen molar-refractivity contribution in [3.63, 3.8) is 0 Å². The standard InChI is InChI=1S/C20H23N3OS/c1-13-18(15-5-2-3-6-16(15)22-13)19(17-7-4-12-25-17)23-10-8-14(9-11-23)20(21)24/h2-7,12,14,19,22H,8-11H2,1H3,(H2,21,24)/t19-/m0/s1. The van der Waals surface area contributed by atoms with Crippen LogP contribution in [-0.4, -0.2) is 28.9 Å². The second-order valence-electron chi connectivity index (χ2n) is 6.84. The van der Waals surface area contributed by atoms with Crippen molar-refractivity contribution in [1.29, 1.82) is 0 Å². The lowest BCUT2D eigenvalue weighted by molar-refractivity contribution is -0.123. The van der Waals surface area contributed by atoms with Gasteiger partial charge in [0, 0.05) is 33.0 Å². The van der Waals surface area contributed by atoms with E-state index in [-0.39, 0.29) is 17.9 Å². The van der Waals surface area contributed by atoms with E-state index in [0.29, 0.717) is 0 Å². The topological polar surface area (TPSA) is 62.1 Å². The van der Waals surface area contributed by atoms with E-state index in [2.05, 4.69) is 58.6 Å². The number of hydrogen-bond acceptors (Lipinski definition) is 3. The van der Waals surface area contributed by atoms with E-state index in [9.17, 15) is 4.79 Å². The van der Waals surface area contributed by atoms with Crippen molar-refractivity contribution in [2.75, 3.05) is 13.1 Å². The molecule has 0 aliphatic carbocycles. The van der Waals surface area contributed by atoms with Gasteiger partial charge in [-0.3, -0.25) is 9.69 Å². The summed E-state index contributed by atoms with van der Waals surface area (Å²) in [5.74, 6) is -0.139. The van der Waals surface area contributed by atoms with Crippen LogP contribution in [0.2, 0.25) is 0 Å². The van der Waals surface area contributed by atoms with Gasteiger partial charge in [0.1, 0.15) is 0 Å². The minimum absolute atomic E-state index is 0.0179. The van der Waals surface area contributed by atoms with Crippen LogP contribution < -0.4 is 5.73 Å². The lowest BCUT2D eigenvalue weighted by Crippen LogP contribution is -2.40. The first-order chi connectivity index (χ1) is 12.1. The number of primary amides is 1. The van der Waals surface area contributed by atoms with E-state index in [4.69, 9.17) is 5.73 Å². The second-order valence-corrected chi connectivity index (χ2v) is 7.82. The Bertz CT molecular complexity index is 876. The number of rotatable bonds is 4. The quantitative estimate of drug-likeness (QED) is 0.749. The average molecular weight is 353 g/mol. The third kappa shape index (κ3) is 2.98. The molecule has 0 radical (unpaired) electrons. The van der Waals surface area contributed by atoms with Crippen LogP contribution in [0.15, 0.2) is 41.8 Å². The zero-order valence-corrected chi connectivity index (χ0v) is 15.2. The molecular weight excluding hydrogens is 330 g/mol. The highest BCUT2D eigenvalue weighted by Crippen LogP contribution is 2.39. The predicted octanol–water partition coefficient (Wildman–Crippen LogP) is 3.82. The predicted molar refractivity (Wildman–Crippen MR) is 103 cm³/mol. The van der Waals surface area contributed by atoms with Crippen LogP contribution in [0.4, 0.5) is 0 Å². The third-order valence-electron chi connectivity index (χ3n) is 5.33. The lowest BCUT2D eigenvalue weighted by Gasteiger charge is -2.36. The fourth-order valence-electron chi connectivity index (χ4n) is 4.04. The number of amides is 1. The number of thiophene rings is 1. The van der Waals surface area contributed by atoms with Crippen molar-refractivity contribution in [3.8, 4) is 0 Å². The average Bonchev–Trinajstić information content (AvgIpc) is 3.24. The molecule has 1 saturated heterocycles. The van der Waals surface area contributed by atoms with Crippen LogP contribution >= 0.6 is 11.3 Å². The molecule has 1 atom stereocenters. The molecule has 0 bridgehead atoms. The highest BCUT2D eigenvalue weighted by molar-refractivity contribution is 7.10. The fourth-order valence-corrected chi connectivity index (χ4v) is 4.91. The smallest absolute Gasteiger partial charge is 0.220 e. The van der Waals surface area contributed by atoms with E-state index in [0.717, 1.165) is 25.9 Å². The molecule has 3 aromatic rings. The summed E-state index contributed by atoms with van der Waals surface area (Å²) in [7, 11) is 0. The highest BCUT2D eigenvalue weighted by Gasteiger charge is 2.32. The van der Waals surface area contributed by atoms with E-state index in [1.807, 2.05) is 0 Å². The molecular formula is C20H23N3OS. The van der Waals surface area contributed by atoms with Gasteiger partial charge in [0.15, 0.2) is 0 Å². The van der Waals surface area contributed by atoms with Gasteiger partial charge in [-0.25, -0.2) is 0 Å². The molecule has 1 amide bonds. The van der Waals surface area contributed by atoms with Crippen molar-refractivity contribution < 1.29 is 4.79 Å². The van der Waals surface area contributed by atoms with Gasteiger partial charge in [0.2, 0.25) is 5.91 Å². The maximum Gasteiger partial charge on any atom is 0.220 e. The maximum absolute atomic E-state index is 11.5. The van der Waals surface area contributed by atoms with Crippen LogP contribution in [-0.2, 0) is 4.79 Å². The molecule has 0 spiro atoms. The van der Waals surface area contributed by atoms with Gasteiger partial charge in [-0.2, -0.15) is 0 Å². The number of carbonyl (C=O) groups excluding carboxylic acids is 1. The lowest BCUT2D eigenvalue weighted by atomic mass is 9.92. The van der Waals surface area contributed by atoms with Gasteiger partial charge in [-0.15, -0.1) is 11.3 Å². The van der Waals surface area contributed by atoms with Gasteiger partial charge in [0.05, 0.1) is 6.04 Å². The molecule has 5 heteroatoms. The molecule has 25 heavy (non-hydrogen) atoms. The number of carbonyl (C=O) groups is 1. The van der Waals surface area contributed by atoms with Crippen LogP contribution in [0.1, 0.15) is 35.0 Å². The molecule has 0 saturated carbocycles. The number of likely N-dealkylation sites (tertiary alicyclic amines) is 1. The number of piperidine rings is 1. The van der Waals surface area contributed by atoms with Gasteiger partial charge in [0.25, 0.3) is 0 Å². The fraction of sp³-hybridized carbons (Fsp3) is 0.350. The summed E-state index contributed by atoms with van der Waals surface area (Å²) in [6.45, 7) is 3.95. The number of fused-ring (bicyclic) bond motifs is 1. The normalized spacial score (nSPS) is 17.8. The first kappa shape index (κ1) is 16.4. The molecule has 4 nitrogen and oxygen atoms in total. The number of benzene rings is 1. The molecule has 1 aromatic carbocycles. The van der Waals surface area contributed by atoms with Crippen molar-refractivity contribution >= 4 is 28.1 Å². The number of aromatic nitrogens is 1. The Morgan fingerprint density at radius 1 is 1.24 bits per heavy atom. The monoisotopic (exact) mass is 353 g/mol. The number of nitrogens with two attached hydrogens (primary N) is 1. The summed E-state index contributed by atoms with van der Waals surface area (Å²) < 4.78 is 0. The number of para-hydroxylation sites is 1. The van der Waals surface area contributed by atoms with E-state index < -0.39 is 0 Å². The molecule has 1 aliphatic heterocycles. The van der Waals surface area contributed by atoms with Crippen LogP contribution in [0, 0.1) is 12.8 Å². The van der Waals surface area contributed by atoms with E-state index in [1.165, 1.54) is 27.0 Å². The first-order valence-electron chi connectivity index (χ1n) is 8.79. The molecule has 3 N–H and O–H groups in total. The number of nitrogens with one attached hydrogen (secondary N) is 1. The molecule has 2 aromatic heterocycles. The molecule has 3 heterocycles. The molecule has 4 rings (SSSR count). The Kier molecular flexibility index (Phi) is 4.36. The number of H-pyrrole nitrogens is 1. The summed E-state index contributed by atoms with van der Waals surface area (Å²) in [4.78, 5) is 18.9. The number of nitrogens with zero attached hydrogens (tertiary/aromatic N) is 1. The van der Waals surface area contributed by atoms with Crippen LogP contribution in [0.3, 0.4) is 0 Å². The second kappa shape index (κ2) is 6.65. The van der Waals surface area contributed by atoms with Crippen molar-refractivity contribution in [1.82, 2.24) is 9.88 Å². The number of aryl methyl sites for hydroxylation is 1. The van der Waals surface area contributed by atoms with Crippen molar-refractivity contribution in [2.24, 2.45) is 11.7 Å². The maximum atomic E-state index is 11.5. The third-order valence-corrected chi connectivity index (χ3v) is 6.25. The number of hydrogen-bond donors (Lipinski definition) is 2. The summed E-state index contributed by atoms with van der Waals surface area (Å²) in [6, 6.07) is 13.1. The number of aromatic amines is 1.